The average Bonchev–Trinajstić information content (AvgIpc) is 2.86. The van der Waals surface area contributed by atoms with Crippen molar-refractivity contribution in [2.24, 2.45) is 0 Å². The molecule has 6 N–H and O–H groups in total. The number of thioether (sulfide) groups is 1. The van der Waals surface area contributed by atoms with Crippen LogP contribution in [0.3, 0.4) is 0 Å². The molecule has 1 rings (SSSR count). The number of carbonyl (C=O) groups excluding carboxylic acids is 4. The molecule has 3 unspecified atom stereocenters. The monoisotopic (exact) mass is 534 g/mol. The summed E-state index contributed by atoms with van der Waals surface area (Å²) in [4.78, 5) is 70.7. The minimum Gasteiger partial charge on any atom is -0.481 e. The molecular formula is C22H38N4O9S. The highest BCUT2D eigenvalue weighted by Crippen LogP contribution is 2.23. The van der Waals surface area contributed by atoms with Crippen molar-refractivity contribution in [2.75, 3.05) is 26.0 Å². The summed E-state index contributed by atoms with van der Waals surface area (Å²) in [5, 5.41) is 27.0. The third kappa shape index (κ3) is 15.2. The van der Waals surface area contributed by atoms with Crippen LogP contribution in [-0.4, -0.2) is 89.3 Å². The first kappa shape index (κ1) is 33.1. The van der Waals surface area contributed by atoms with E-state index in [9.17, 15) is 28.8 Å². The lowest BCUT2D eigenvalue weighted by atomic mass is 10.1. The lowest BCUT2D eigenvalue weighted by molar-refractivity contribution is -0.141. The van der Waals surface area contributed by atoms with Gasteiger partial charge in [-0.25, -0.2) is 0 Å². The van der Waals surface area contributed by atoms with E-state index in [2.05, 4.69) is 16.0 Å². The van der Waals surface area contributed by atoms with Crippen LogP contribution in [0, 0.1) is 0 Å². The van der Waals surface area contributed by atoms with E-state index in [1.165, 1.54) is 18.8 Å². The Bertz CT molecular complexity index is 745. The Morgan fingerprint density at radius 2 is 1.64 bits per heavy atom. The molecule has 0 aromatic rings. The minimum atomic E-state index is -1.55. The van der Waals surface area contributed by atoms with Gasteiger partial charge in [-0.05, 0) is 32.1 Å². The number of amides is 4. The van der Waals surface area contributed by atoms with Crippen molar-refractivity contribution >= 4 is 47.3 Å². The van der Waals surface area contributed by atoms with Gasteiger partial charge in [0.25, 0.3) is 0 Å². The van der Waals surface area contributed by atoms with Gasteiger partial charge in [-0.1, -0.05) is 13.8 Å². The molecule has 13 nitrogen and oxygen atoms in total. The van der Waals surface area contributed by atoms with Gasteiger partial charge in [-0.15, -0.1) is 11.8 Å². The van der Waals surface area contributed by atoms with Crippen molar-refractivity contribution in [1.29, 1.82) is 0 Å². The molecule has 0 aromatic carbocycles. The second-order valence-electron chi connectivity index (χ2n) is 7.56. The van der Waals surface area contributed by atoms with Crippen LogP contribution in [0.2, 0.25) is 0 Å². The maximum atomic E-state index is 12.8. The molecule has 0 bridgehead atoms. The zero-order valence-electron chi connectivity index (χ0n) is 21.0. The Balaban J connectivity index is 0.00000596. The van der Waals surface area contributed by atoms with E-state index in [1.54, 1.807) is 0 Å². The van der Waals surface area contributed by atoms with Crippen molar-refractivity contribution in [3.63, 3.8) is 0 Å². The quantitative estimate of drug-likeness (QED) is 0.164. The van der Waals surface area contributed by atoms with Crippen molar-refractivity contribution in [3.05, 3.63) is 0 Å². The third-order valence-electron chi connectivity index (χ3n) is 4.79. The fraction of sp³-hybridized carbons (Fsp3) is 0.727. The van der Waals surface area contributed by atoms with Gasteiger partial charge in [0.15, 0.2) is 0 Å². The molecule has 36 heavy (non-hydrogen) atoms. The molecule has 0 spiro atoms. The van der Waals surface area contributed by atoms with E-state index < -0.39 is 54.7 Å². The molecule has 1 aliphatic rings. The van der Waals surface area contributed by atoms with Gasteiger partial charge in [0, 0.05) is 20.1 Å². The van der Waals surface area contributed by atoms with Crippen LogP contribution in [0.15, 0.2) is 0 Å². The normalized spacial score (nSPS) is 16.2. The summed E-state index contributed by atoms with van der Waals surface area (Å²) in [6.45, 7) is 3.87. The Kier molecular flexibility index (Phi) is 17.8. The van der Waals surface area contributed by atoms with Gasteiger partial charge in [0.2, 0.25) is 23.6 Å². The number of carboxylic acids is 2. The van der Waals surface area contributed by atoms with Crippen LogP contribution in [-0.2, 0) is 33.5 Å². The maximum Gasteiger partial charge on any atom is 0.322 e. The SMILES string of the molecule is CC.CNC(=O)CCCC(NC(=O)CSC1CCCCO1)C(=O)NC(CC(=O)O)C(=O)NCC(=O)O. The summed E-state index contributed by atoms with van der Waals surface area (Å²) in [5.74, 6) is -5.22. The molecule has 1 aliphatic heterocycles. The lowest BCUT2D eigenvalue weighted by Gasteiger charge is -2.24. The molecular weight excluding hydrogens is 496 g/mol. The summed E-state index contributed by atoms with van der Waals surface area (Å²) in [5.41, 5.74) is -0.113. The molecule has 0 saturated carbocycles. The molecule has 0 radical (unpaired) electrons. The van der Waals surface area contributed by atoms with E-state index in [0.29, 0.717) is 6.61 Å². The number of hydrogen-bond donors (Lipinski definition) is 6. The van der Waals surface area contributed by atoms with E-state index >= 15 is 0 Å². The highest BCUT2D eigenvalue weighted by Gasteiger charge is 2.29. The second kappa shape index (κ2) is 19.3. The fourth-order valence-corrected chi connectivity index (χ4v) is 4.00. The molecule has 14 heteroatoms. The molecule has 1 saturated heterocycles. The number of hydrogen-bond acceptors (Lipinski definition) is 8. The standard InChI is InChI=1S/C20H32N4O9S.C2H6/c1-21-14(25)6-4-5-12(23-15(26)11-34-18-7-2-3-8-33-18)20(32)24-13(9-16(27)28)19(31)22-10-17(29)30;1-2/h12-13,18H,2-11H2,1H3,(H,21,25)(H,22,31)(H,23,26)(H,24,32)(H,27,28)(H,29,30);1-2H3. The summed E-state index contributed by atoms with van der Waals surface area (Å²) >= 11 is 1.30. The van der Waals surface area contributed by atoms with Crippen molar-refractivity contribution < 1.29 is 43.7 Å². The minimum absolute atomic E-state index is 0.0293. The number of ether oxygens (including phenoxy) is 1. The highest BCUT2D eigenvalue weighted by molar-refractivity contribution is 8.00. The van der Waals surface area contributed by atoms with Crippen LogP contribution in [0.5, 0.6) is 0 Å². The van der Waals surface area contributed by atoms with Gasteiger partial charge in [-0.3, -0.25) is 28.8 Å². The summed E-state index contributed by atoms with van der Waals surface area (Å²) in [6, 6.07) is -2.68. The van der Waals surface area contributed by atoms with Gasteiger partial charge in [-0.2, -0.15) is 0 Å². The van der Waals surface area contributed by atoms with Crippen molar-refractivity contribution in [3.8, 4) is 0 Å². The smallest absolute Gasteiger partial charge is 0.322 e. The highest BCUT2D eigenvalue weighted by atomic mass is 32.2. The predicted octanol–water partition coefficient (Wildman–Crippen LogP) is -0.166. The van der Waals surface area contributed by atoms with Crippen LogP contribution in [0.4, 0.5) is 0 Å². The summed E-state index contributed by atoms with van der Waals surface area (Å²) in [6.07, 6.45) is 2.39. The largest absolute Gasteiger partial charge is 0.481 e. The van der Waals surface area contributed by atoms with E-state index in [4.69, 9.17) is 14.9 Å². The maximum absolute atomic E-state index is 12.8. The van der Waals surface area contributed by atoms with Gasteiger partial charge < -0.3 is 36.2 Å². The van der Waals surface area contributed by atoms with Crippen LogP contribution < -0.4 is 21.3 Å². The Morgan fingerprint density at radius 3 is 2.19 bits per heavy atom. The number of carbonyl (C=O) groups is 6. The molecule has 206 valence electrons. The lowest BCUT2D eigenvalue weighted by Crippen LogP contribution is -2.55. The first-order valence-corrected chi connectivity index (χ1v) is 12.9. The number of aliphatic carboxylic acids is 2. The van der Waals surface area contributed by atoms with Crippen LogP contribution in [0.25, 0.3) is 0 Å². The topological polar surface area (TPSA) is 200 Å². The number of carboxylic acid groups (broad SMARTS) is 2. The Hall–Kier alpha value is -2.87. The predicted molar refractivity (Wildman–Crippen MR) is 132 cm³/mol. The van der Waals surface area contributed by atoms with Crippen LogP contribution in [0.1, 0.15) is 58.8 Å². The van der Waals surface area contributed by atoms with Gasteiger partial charge >= 0.3 is 11.9 Å². The van der Waals surface area contributed by atoms with Crippen molar-refractivity contribution in [2.45, 2.75) is 76.3 Å². The second-order valence-corrected chi connectivity index (χ2v) is 8.71. The molecule has 0 aromatic heterocycles. The van der Waals surface area contributed by atoms with Gasteiger partial charge in [0.1, 0.15) is 24.1 Å². The zero-order valence-corrected chi connectivity index (χ0v) is 21.8. The molecule has 3 atom stereocenters. The molecule has 4 amide bonds. The molecule has 1 heterocycles. The van der Waals surface area contributed by atoms with Gasteiger partial charge in [0.05, 0.1) is 12.2 Å². The molecule has 1 fully saturated rings. The number of rotatable bonds is 15. The average molecular weight is 535 g/mol. The summed E-state index contributed by atoms with van der Waals surface area (Å²) in [7, 11) is 1.46. The summed E-state index contributed by atoms with van der Waals surface area (Å²) < 4.78 is 5.56. The zero-order chi connectivity index (χ0) is 27.5. The first-order valence-electron chi connectivity index (χ1n) is 11.9. The van der Waals surface area contributed by atoms with E-state index in [-0.39, 0.29) is 36.4 Å². The fourth-order valence-electron chi connectivity index (χ4n) is 3.05. The van der Waals surface area contributed by atoms with E-state index in [0.717, 1.165) is 19.3 Å². The third-order valence-corrected chi connectivity index (χ3v) is 5.96. The molecule has 0 aliphatic carbocycles. The Labute approximate surface area is 214 Å². The first-order chi connectivity index (χ1) is 17.1. The number of nitrogens with one attached hydrogen (secondary N) is 4. The van der Waals surface area contributed by atoms with E-state index in [1.807, 2.05) is 19.2 Å². The Morgan fingerprint density at radius 1 is 0.944 bits per heavy atom. The van der Waals surface area contributed by atoms with Crippen molar-refractivity contribution in [1.82, 2.24) is 21.3 Å². The van der Waals surface area contributed by atoms with Crippen LogP contribution >= 0.6 is 11.8 Å².